The Hall–Kier alpha value is -3.46. The van der Waals surface area contributed by atoms with Crippen LogP contribution in [0, 0.1) is 0 Å². The lowest BCUT2D eigenvalue weighted by Crippen LogP contribution is -2.29. The van der Waals surface area contributed by atoms with Crippen LogP contribution in [0.5, 0.6) is 0 Å². The van der Waals surface area contributed by atoms with Crippen molar-refractivity contribution >= 4 is 46.3 Å². The van der Waals surface area contributed by atoms with Gasteiger partial charge in [0.05, 0.1) is 11.9 Å². The number of nitrogens with one attached hydrogen (secondary N) is 1. The molecule has 0 saturated heterocycles. The number of nitrogens with two attached hydrogens (primary N) is 1. The molecule has 0 fully saturated rings. The number of guanidine groups is 1. The van der Waals surface area contributed by atoms with Gasteiger partial charge in [0.25, 0.3) is 5.91 Å². The van der Waals surface area contributed by atoms with Crippen LogP contribution in [0.2, 0.25) is 0 Å². The van der Waals surface area contributed by atoms with Gasteiger partial charge >= 0.3 is 0 Å². The summed E-state index contributed by atoms with van der Waals surface area (Å²) in [6.07, 6.45) is 1.59. The number of allylic oxidation sites excluding steroid dienone is 1. The first-order chi connectivity index (χ1) is 13.8. The highest BCUT2D eigenvalue weighted by Gasteiger charge is 2.22. The molecule has 1 aromatic carbocycles. The van der Waals surface area contributed by atoms with E-state index in [0.29, 0.717) is 33.6 Å². The maximum atomic E-state index is 12.9. The summed E-state index contributed by atoms with van der Waals surface area (Å²) in [5, 5.41) is 5.02. The lowest BCUT2D eigenvalue weighted by atomic mass is 10.2. The number of thiophene rings is 1. The second-order valence-electron chi connectivity index (χ2n) is 6.51. The van der Waals surface area contributed by atoms with Crippen molar-refractivity contribution in [3.8, 4) is 0 Å². The number of carbonyl (C=O) groups excluding carboxylic acids is 2. The minimum absolute atomic E-state index is 0.1000. The number of amidine groups is 1. The molecule has 3 N–H and O–H groups in total. The van der Waals surface area contributed by atoms with E-state index < -0.39 is 5.91 Å². The van der Waals surface area contributed by atoms with Crippen LogP contribution >= 0.6 is 11.3 Å². The number of primary amides is 1. The van der Waals surface area contributed by atoms with Crippen molar-refractivity contribution < 1.29 is 9.59 Å². The Bertz CT molecular complexity index is 1040. The first-order valence-electron chi connectivity index (χ1n) is 8.84. The van der Waals surface area contributed by atoms with E-state index in [1.54, 1.807) is 42.4 Å². The number of anilines is 2. The van der Waals surface area contributed by atoms with Crippen molar-refractivity contribution in [3.63, 3.8) is 0 Å². The average molecular weight is 411 g/mol. The molecule has 2 heterocycles. The molecule has 0 bridgehead atoms. The van der Waals surface area contributed by atoms with Crippen molar-refractivity contribution in [1.29, 1.82) is 0 Å². The van der Waals surface area contributed by atoms with E-state index >= 15 is 0 Å². The van der Waals surface area contributed by atoms with Gasteiger partial charge in [-0.05, 0) is 49.6 Å². The minimum Gasteiger partial charge on any atom is -0.366 e. The van der Waals surface area contributed by atoms with Crippen molar-refractivity contribution in [2.75, 3.05) is 24.3 Å². The smallest absolute Gasteiger partial charge is 0.270 e. The number of nitrogens with zero attached hydrogens (tertiary/aromatic N) is 4. The monoisotopic (exact) mass is 410 g/mol. The number of fused-ring (bicyclic) bond motifs is 1. The fraction of sp³-hybridized carbons (Fsp3) is 0.200. The molecule has 3 rings (SSSR count). The van der Waals surface area contributed by atoms with Gasteiger partial charge in [-0.15, -0.1) is 11.3 Å². The molecule has 1 aromatic heterocycles. The molecule has 9 heteroatoms. The molecule has 1 aliphatic rings. The normalized spacial score (nSPS) is 16.8. The van der Waals surface area contributed by atoms with Crippen LogP contribution in [0.1, 0.15) is 33.9 Å². The molecular weight excluding hydrogens is 388 g/mol. The molecule has 0 spiro atoms. The third-order valence-corrected chi connectivity index (χ3v) is 5.48. The molecule has 0 saturated carbocycles. The van der Waals surface area contributed by atoms with E-state index in [-0.39, 0.29) is 5.91 Å². The van der Waals surface area contributed by atoms with E-state index in [2.05, 4.69) is 15.3 Å². The van der Waals surface area contributed by atoms with Gasteiger partial charge in [-0.2, -0.15) is 4.99 Å². The van der Waals surface area contributed by atoms with E-state index in [9.17, 15) is 9.59 Å². The highest BCUT2D eigenvalue weighted by molar-refractivity contribution is 7.12. The second-order valence-corrected chi connectivity index (χ2v) is 7.42. The lowest BCUT2D eigenvalue weighted by Gasteiger charge is -2.21. The Morgan fingerprint density at radius 2 is 1.79 bits per heavy atom. The van der Waals surface area contributed by atoms with E-state index in [0.717, 1.165) is 5.69 Å². The van der Waals surface area contributed by atoms with Crippen molar-refractivity contribution in [3.05, 3.63) is 58.0 Å². The molecule has 1 aliphatic heterocycles. The molecule has 0 unspecified atom stereocenters. The number of aliphatic imine (C=N–C) groups is 2. The standard InChI is InChI=1S/C20H22N6O2S/c1-12-11-22-20(24-15-7-5-14(6-8-15)18(21)27)23-13(2)26(4)16-9-10-29-17(16)19(28)25(12)3/h5-11H,1-4H3,(H2,21,27)(H,22,24)/b12-11+,23-13?. The number of hydrogen-bond donors (Lipinski definition) is 2. The Kier molecular flexibility index (Phi) is 5.79. The van der Waals surface area contributed by atoms with Crippen LogP contribution in [0.15, 0.2) is 57.6 Å². The maximum Gasteiger partial charge on any atom is 0.270 e. The second kappa shape index (κ2) is 8.27. The molecule has 2 amide bonds. The lowest BCUT2D eigenvalue weighted by molar-refractivity contribution is 0.0841. The number of hydrogen-bond acceptors (Lipinski definition) is 7. The Balaban J connectivity index is 2.01. The Labute approximate surface area is 173 Å². The predicted octanol–water partition coefficient (Wildman–Crippen LogP) is 3.12. The van der Waals surface area contributed by atoms with Crippen LogP contribution in [-0.2, 0) is 0 Å². The summed E-state index contributed by atoms with van der Waals surface area (Å²) in [4.78, 5) is 37.2. The topological polar surface area (TPSA) is 103 Å². The number of rotatable bonds is 2. The summed E-state index contributed by atoms with van der Waals surface area (Å²) in [6.45, 7) is 3.66. The summed E-state index contributed by atoms with van der Waals surface area (Å²) in [6, 6.07) is 8.61. The van der Waals surface area contributed by atoms with Gasteiger partial charge in [-0.3, -0.25) is 9.59 Å². The van der Waals surface area contributed by atoms with E-state index in [1.165, 1.54) is 11.3 Å². The third-order valence-electron chi connectivity index (χ3n) is 4.59. The summed E-state index contributed by atoms with van der Waals surface area (Å²) >= 11 is 1.39. The van der Waals surface area contributed by atoms with Gasteiger partial charge in [0.15, 0.2) is 0 Å². The molecule has 0 atom stereocenters. The maximum absolute atomic E-state index is 12.9. The number of benzene rings is 1. The quantitative estimate of drug-likeness (QED) is 0.794. The molecule has 29 heavy (non-hydrogen) atoms. The molecule has 2 aromatic rings. The fourth-order valence-electron chi connectivity index (χ4n) is 2.62. The SMILES string of the molecule is CC1=NC(Nc2ccc(C(N)=O)cc2)=N/C=C(\C)N(C)C(=O)c2sccc2N1C. The van der Waals surface area contributed by atoms with Crippen LogP contribution in [-0.4, -0.2) is 42.6 Å². The van der Waals surface area contributed by atoms with E-state index in [1.807, 2.05) is 37.2 Å². The Morgan fingerprint density at radius 1 is 1.10 bits per heavy atom. The van der Waals surface area contributed by atoms with Gasteiger partial charge in [0, 0.05) is 31.0 Å². The zero-order chi connectivity index (χ0) is 21.1. The van der Waals surface area contributed by atoms with Crippen LogP contribution < -0.4 is 16.0 Å². The first-order valence-corrected chi connectivity index (χ1v) is 9.72. The summed E-state index contributed by atoms with van der Waals surface area (Å²) in [7, 11) is 3.57. The van der Waals surface area contributed by atoms with Crippen LogP contribution in [0.3, 0.4) is 0 Å². The zero-order valence-corrected chi connectivity index (χ0v) is 17.4. The average Bonchev–Trinajstić information content (AvgIpc) is 3.19. The van der Waals surface area contributed by atoms with Crippen molar-refractivity contribution in [1.82, 2.24) is 4.90 Å². The number of carbonyl (C=O) groups is 2. The minimum atomic E-state index is -0.489. The summed E-state index contributed by atoms with van der Waals surface area (Å²) in [5.74, 6) is 0.419. The van der Waals surface area contributed by atoms with Crippen LogP contribution in [0.4, 0.5) is 11.4 Å². The molecule has 0 radical (unpaired) electrons. The van der Waals surface area contributed by atoms with Crippen molar-refractivity contribution in [2.24, 2.45) is 15.7 Å². The van der Waals surface area contributed by atoms with Gasteiger partial charge in [0.2, 0.25) is 11.9 Å². The molecule has 8 nitrogen and oxygen atoms in total. The molecular formula is C20H22N6O2S. The van der Waals surface area contributed by atoms with Gasteiger partial charge < -0.3 is 20.9 Å². The van der Waals surface area contributed by atoms with Gasteiger partial charge in [0.1, 0.15) is 10.7 Å². The van der Waals surface area contributed by atoms with Gasteiger partial charge in [-0.25, -0.2) is 4.99 Å². The largest absolute Gasteiger partial charge is 0.366 e. The van der Waals surface area contributed by atoms with E-state index in [4.69, 9.17) is 5.73 Å². The zero-order valence-electron chi connectivity index (χ0n) is 16.6. The van der Waals surface area contributed by atoms with Crippen LogP contribution in [0.25, 0.3) is 0 Å². The third kappa shape index (κ3) is 4.35. The predicted molar refractivity (Wildman–Crippen MR) is 118 cm³/mol. The number of amides is 2. The first kappa shape index (κ1) is 20.3. The molecule has 150 valence electrons. The van der Waals surface area contributed by atoms with Crippen molar-refractivity contribution in [2.45, 2.75) is 13.8 Å². The summed E-state index contributed by atoms with van der Waals surface area (Å²) in [5.41, 5.74) is 7.87. The Morgan fingerprint density at radius 3 is 2.45 bits per heavy atom. The fourth-order valence-corrected chi connectivity index (χ4v) is 3.52. The van der Waals surface area contributed by atoms with Gasteiger partial charge in [-0.1, -0.05) is 0 Å². The highest BCUT2D eigenvalue weighted by atomic mass is 32.1. The highest BCUT2D eigenvalue weighted by Crippen LogP contribution is 2.28. The summed E-state index contributed by atoms with van der Waals surface area (Å²) < 4.78 is 0. The molecule has 0 aliphatic carbocycles.